The molecule has 1 radical (unpaired) electrons. The van der Waals surface area contributed by atoms with Gasteiger partial charge in [-0.15, -0.1) is 0 Å². The molecule has 0 bridgehead atoms. The number of hydrogen-bond donors (Lipinski definition) is 0. The monoisotopic (exact) mass is 283 g/mol. The number of halogens is 1. The molecule has 87 valence electrons. The van der Waals surface area contributed by atoms with Crippen molar-refractivity contribution < 1.29 is 9.13 Å². The molecule has 2 rings (SSSR count). The van der Waals surface area contributed by atoms with E-state index in [0.717, 1.165) is 0 Å². The summed E-state index contributed by atoms with van der Waals surface area (Å²) in [7, 11) is -4.18. The van der Waals surface area contributed by atoms with Crippen molar-refractivity contribution in [1.82, 2.24) is 0 Å². The zero-order valence-corrected chi connectivity index (χ0v) is 11.5. The van der Waals surface area contributed by atoms with Crippen molar-refractivity contribution in [3.8, 4) is 0 Å². The first-order valence-electron chi connectivity index (χ1n) is 5.00. The highest BCUT2D eigenvalue weighted by molar-refractivity contribution is 8.24. The van der Waals surface area contributed by atoms with Gasteiger partial charge in [0.1, 0.15) is 0 Å². The van der Waals surface area contributed by atoms with Crippen LogP contribution in [0.3, 0.4) is 0 Å². The van der Waals surface area contributed by atoms with Gasteiger partial charge >= 0.3 is 0 Å². The summed E-state index contributed by atoms with van der Waals surface area (Å²) in [6, 6.07) is 15.5. The second-order valence-corrected chi connectivity index (χ2v) is 8.61. The third kappa shape index (κ3) is 3.04. The van der Waals surface area contributed by atoms with E-state index in [0.29, 0.717) is 15.6 Å². The standard InChI is InChI=1S/C12H10ClO2P2/c13-10-6-8-12(9-7-10)17(15)16(14)11-4-2-1-3-5-11/h1-9,17H. The van der Waals surface area contributed by atoms with Gasteiger partial charge in [-0.2, -0.15) is 0 Å². The molecular weight excluding hydrogens is 274 g/mol. The lowest BCUT2D eigenvalue weighted by molar-refractivity contribution is 0.586. The average Bonchev–Trinajstić information content (AvgIpc) is 2.39. The van der Waals surface area contributed by atoms with Crippen LogP contribution in [0.1, 0.15) is 0 Å². The van der Waals surface area contributed by atoms with E-state index >= 15 is 0 Å². The minimum atomic E-state index is -2.31. The molecule has 0 saturated carbocycles. The van der Waals surface area contributed by atoms with Crippen molar-refractivity contribution in [2.45, 2.75) is 0 Å². The van der Waals surface area contributed by atoms with Crippen molar-refractivity contribution in [1.29, 1.82) is 0 Å². The highest BCUT2D eigenvalue weighted by Gasteiger charge is 2.14. The summed E-state index contributed by atoms with van der Waals surface area (Å²) in [4.78, 5) is 0. The second-order valence-electron chi connectivity index (χ2n) is 3.44. The molecule has 0 aliphatic heterocycles. The largest absolute Gasteiger partial charge is 0.310 e. The molecular formula is C12H10ClO2P2. The van der Waals surface area contributed by atoms with Crippen molar-refractivity contribution in [2.24, 2.45) is 0 Å². The molecule has 0 heterocycles. The van der Waals surface area contributed by atoms with E-state index in [2.05, 4.69) is 0 Å². The normalized spacial score (nSPS) is 13.1. The molecule has 17 heavy (non-hydrogen) atoms. The molecule has 0 aliphatic carbocycles. The van der Waals surface area contributed by atoms with Crippen molar-refractivity contribution in [3.05, 3.63) is 59.6 Å². The second kappa shape index (κ2) is 5.60. The van der Waals surface area contributed by atoms with Crippen LogP contribution < -0.4 is 10.6 Å². The van der Waals surface area contributed by atoms with Crippen molar-refractivity contribution in [3.63, 3.8) is 0 Å². The lowest BCUT2D eigenvalue weighted by atomic mass is 10.4. The molecule has 0 saturated heterocycles. The molecule has 0 aliphatic rings. The molecule has 0 fully saturated rings. The first kappa shape index (κ1) is 12.5. The maximum Gasteiger partial charge on any atom is 0.183 e. The van der Waals surface area contributed by atoms with Crippen LogP contribution in [0, 0.1) is 0 Å². The van der Waals surface area contributed by atoms with Gasteiger partial charge in [-0.3, -0.25) is 4.57 Å². The topological polar surface area (TPSA) is 34.1 Å². The van der Waals surface area contributed by atoms with Crippen LogP contribution in [0.15, 0.2) is 54.6 Å². The predicted octanol–water partition coefficient (Wildman–Crippen LogP) is 3.59. The fraction of sp³-hybridized carbons (Fsp3) is 0. The summed E-state index contributed by atoms with van der Waals surface area (Å²) in [6.45, 7) is 0. The average molecular weight is 284 g/mol. The summed E-state index contributed by atoms with van der Waals surface area (Å²) in [5.74, 6) is 0. The Labute approximate surface area is 106 Å². The SMILES string of the molecule is O=[P](c1ccccc1)[PH](=O)c1ccc(Cl)cc1. The zero-order chi connectivity index (χ0) is 12.3. The summed E-state index contributed by atoms with van der Waals surface area (Å²) in [6.07, 6.45) is 0. The molecule has 2 nitrogen and oxygen atoms in total. The number of benzene rings is 2. The Bertz CT molecular complexity index is 552. The third-order valence-electron chi connectivity index (χ3n) is 2.27. The van der Waals surface area contributed by atoms with E-state index in [1.165, 1.54) is 0 Å². The van der Waals surface area contributed by atoms with Gasteiger partial charge in [0.2, 0.25) is 0 Å². The van der Waals surface area contributed by atoms with Gasteiger partial charge in [0.05, 0.1) is 0 Å². The summed E-state index contributed by atoms with van der Waals surface area (Å²) >= 11 is 5.75. The zero-order valence-electron chi connectivity index (χ0n) is 8.84. The summed E-state index contributed by atoms with van der Waals surface area (Å²) < 4.78 is 24.2. The Morgan fingerprint density at radius 1 is 0.941 bits per heavy atom. The van der Waals surface area contributed by atoms with Crippen LogP contribution in [0.2, 0.25) is 5.02 Å². The molecule has 2 unspecified atom stereocenters. The fourth-order valence-electron chi connectivity index (χ4n) is 1.39. The molecule has 0 N–H and O–H groups in total. The van der Waals surface area contributed by atoms with Gasteiger partial charge in [0.15, 0.2) is 15.0 Å². The Morgan fingerprint density at radius 2 is 1.53 bits per heavy atom. The summed E-state index contributed by atoms with van der Waals surface area (Å²) in [5.41, 5.74) is 0. The van der Waals surface area contributed by atoms with E-state index < -0.39 is 15.0 Å². The maximum atomic E-state index is 12.1. The molecule has 0 amide bonds. The minimum Gasteiger partial charge on any atom is -0.310 e. The minimum absolute atomic E-state index is 0.582. The maximum absolute atomic E-state index is 12.1. The van der Waals surface area contributed by atoms with E-state index in [-0.39, 0.29) is 0 Å². The van der Waals surface area contributed by atoms with Gasteiger partial charge in [-0.25, -0.2) is 0 Å². The number of rotatable bonds is 3. The number of hydrogen-bond acceptors (Lipinski definition) is 2. The van der Waals surface area contributed by atoms with E-state index in [4.69, 9.17) is 11.6 Å². The highest BCUT2D eigenvalue weighted by Crippen LogP contribution is 2.49. The molecule has 0 spiro atoms. The Balaban J connectivity index is 2.27. The van der Waals surface area contributed by atoms with Gasteiger partial charge in [0, 0.05) is 15.6 Å². The Hall–Kier alpha value is -0.940. The smallest absolute Gasteiger partial charge is 0.183 e. The lowest BCUT2D eigenvalue weighted by Gasteiger charge is -2.02. The Morgan fingerprint density at radius 3 is 2.12 bits per heavy atom. The van der Waals surface area contributed by atoms with Crippen LogP contribution in [-0.2, 0) is 9.13 Å². The quantitative estimate of drug-likeness (QED) is 0.807. The van der Waals surface area contributed by atoms with Crippen LogP contribution in [0.25, 0.3) is 0 Å². The van der Waals surface area contributed by atoms with Gasteiger partial charge in [-0.05, 0) is 36.4 Å². The van der Waals surface area contributed by atoms with Gasteiger partial charge in [-0.1, -0.05) is 29.8 Å². The van der Waals surface area contributed by atoms with Crippen LogP contribution >= 0.6 is 26.6 Å². The van der Waals surface area contributed by atoms with Gasteiger partial charge in [0.25, 0.3) is 0 Å². The molecule has 2 aromatic rings. The van der Waals surface area contributed by atoms with Crippen LogP contribution in [-0.4, -0.2) is 0 Å². The molecule has 5 heteroatoms. The predicted molar refractivity (Wildman–Crippen MR) is 73.8 cm³/mol. The first-order valence-corrected chi connectivity index (χ1v) is 8.89. The fourth-order valence-corrected chi connectivity index (χ4v) is 5.18. The van der Waals surface area contributed by atoms with E-state index in [1.54, 1.807) is 48.5 Å². The van der Waals surface area contributed by atoms with Crippen molar-refractivity contribution >= 4 is 37.2 Å². The van der Waals surface area contributed by atoms with E-state index in [1.807, 2.05) is 6.07 Å². The van der Waals surface area contributed by atoms with Crippen LogP contribution in [0.4, 0.5) is 0 Å². The molecule has 0 aromatic heterocycles. The third-order valence-corrected chi connectivity index (χ3v) is 7.14. The molecule has 2 aromatic carbocycles. The lowest BCUT2D eigenvalue weighted by Crippen LogP contribution is -1.98. The van der Waals surface area contributed by atoms with Crippen molar-refractivity contribution in [2.75, 3.05) is 0 Å². The first-order chi connectivity index (χ1) is 8.18. The highest BCUT2D eigenvalue weighted by atomic mass is 35.5. The van der Waals surface area contributed by atoms with Gasteiger partial charge < -0.3 is 4.57 Å². The molecule has 2 atom stereocenters. The van der Waals surface area contributed by atoms with E-state index in [9.17, 15) is 9.13 Å². The summed E-state index contributed by atoms with van der Waals surface area (Å²) in [5, 5.41) is 1.81. The van der Waals surface area contributed by atoms with Crippen LogP contribution in [0.5, 0.6) is 0 Å². The Kier molecular flexibility index (Phi) is 4.12.